The SMILES string of the molecule is O=C(Cc1ccccc1Br)NCC(=O)Nc1ccc(F)cc1F. The number of hydrogen-bond acceptors (Lipinski definition) is 2. The van der Waals surface area contributed by atoms with Crippen LogP contribution in [-0.2, 0) is 16.0 Å². The first-order valence-corrected chi connectivity index (χ1v) is 7.50. The number of halogens is 3. The molecule has 0 bridgehead atoms. The van der Waals surface area contributed by atoms with E-state index in [0.29, 0.717) is 6.07 Å². The minimum absolute atomic E-state index is 0.111. The highest BCUT2D eigenvalue weighted by Gasteiger charge is 2.10. The van der Waals surface area contributed by atoms with E-state index < -0.39 is 17.5 Å². The summed E-state index contributed by atoms with van der Waals surface area (Å²) in [5, 5.41) is 4.70. The Labute approximate surface area is 140 Å². The molecule has 2 aromatic rings. The van der Waals surface area contributed by atoms with Crippen molar-refractivity contribution in [3.8, 4) is 0 Å². The van der Waals surface area contributed by atoms with Gasteiger partial charge in [0.25, 0.3) is 0 Å². The van der Waals surface area contributed by atoms with E-state index in [-0.39, 0.29) is 24.6 Å². The Morgan fingerprint density at radius 2 is 1.78 bits per heavy atom. The van der Waals surface area contributed by atoms with E-state index in [1.54, 1.807) is 12.1 Å². The van der Waals surface area contributed by atoms with E-state index >= 15 is 0 Å². The number of carbonyl (C=O) groups is 2. The number of nitrogens with one attached hydrogen (secondary N) is 2. The molecule has 2 amide bonds. The van der Waals surface area contributed by atoms with Crippen LogP contribution in [0.25, 0.3) is 0 Å². The second-order valence-corrected chi connectivity index (χ2v) is 5.57. The third-order valence-corrected chi connectivity index (χ3v) is 3.73. The maximum absolute atomic E-state index is 13.4. The van der Waals surface area contributed by atoms with Crippen molar-refractivity contribution in [3.05, 3.63) is 64.1 Å². The molecule has 0 aliphatic rings. The highest BCUT2D eigenvalue weighted by atomic mass is 79.9. The topological polar surface area (TPSA) is 58.2 Å². The summed E-state index contributed by atoms with van der Waals surface area (Å²) in [6, 6.07) is 10.1. The Bertz CT molecular complexity index is 738. The molecule has 0 saturated carbocycles. The summed E-state index contributed by atoms with van der Waals surface area (Å²) < 4.78 is 27.0. The van der Waals surface area contributed by atoms with Crippen LogP contribution in [0.3, 0.4) is 0 Å². The Morgan fingerprint density at radius 1 is 1.04 bits per heavy atom. The lowest BCUT2D eigenvalue weighted by Crippen LogP contribution is -2.34. The van der Waals surface area contributed by atoms with E-state index in [2.05, 4.69) is 26.6 Å². The lowest BCUT2D eigenvalue weighted by atomic mass is 10.1. The number of hydrogen-bond donors (Lipinski definition) is 2. The average molecular weight is 383 g/mol. The molecular weight excluding hydrogens is 370 g/mol. The summed E-state index contributed by atoms with van der Waals surface area (Å²) in [6.07, 6.45) is 0.111. The van der Waals surface area contributed by atoms with Crippen molar-refractivity contribution < 1.29 is 18.4 Å². The van der Waals surface area contributed by atoms with Crippen molar-refractivity contribution in [1.82, 2.24) is 5.32 Å². The number of benzene rings is 2. The first kappa shape index (κ1) is 17.1. The second-order valence-electron chi connectivity index (χ2n) is 4.72. The van der Waals surface area contributed by atoms with Gasteiger partial charge in [-0.25, -0.2) is 8.78 Å². The molecule has 0 aliphatic carbocycles. The van der Waals surface area contributed by atoms with Gasteiger partial charge in [-0.1, -0.05) is 34.1 Å². The summed E-state index contributed by atoms with van der Waals surface area (Å²) >= 11 is 3.33. The van der Waals surface area contributed by atoms with Gasteiger partial charge in [0, 0.05) is 10.5 Å². The Morgan fingerprint density at radius 3 is 2.48 bits per heavy atom. The first-order valence-electron chi connectivity index (χ1n) is 6.70. The molecule has 0 heterocycles. The standard InChI is InChI=1S/C16H13BrF2N2O2/c17-12-4-2-1-3-10(12)7-15(22)20-9-16(23)21-14-6-5-11(18)8-13(14)19/h1-6,8H,7,9H2,(H,20,22)(H,21,23). The fourth-order valence-electron chi connectivity index (χ4n) is 1.84. The van der Waals surface area contributed by atoms with E-state index in [1.165, 1.54) is 0 Å². The number of anilines is 1. The monoisotopic (exact) mass is 382 g/mol. The molecular formula is C16H13BrF2N2O2. The maximum Gasteiger partial charge on any atom is 0.243 e. The van der Waals surface area contributed by atoms with Crippen LogP contribution in [0.2, 0.25) is 0 Å². The van der Waals surface area contributed by atoms with Crippen LogP contribution in [0.4, 0.5) is 14.5 Å². The van der Waals surface area contributed by atoms with E-state index in [1.807, 2.05) is 12.1 Å². The van der Waals surface area contributed by atoms with Crippen molar-refractivity contribution >= 4 is 33.4 Å². The molecule has 0 fully saturated rings. The zero-order chi connectivity index (χ0) is 16.8. The fourth-order valence-corrected chi connectivity index (χ4v) is 2.27. The quantitative estimate of drug-likeness (QED) is 0.834. The van der Waals surface area contributed by atoms with E-state index in [9.17, 15) is 18.4 Å². The van der Waals surface area contributed by atoms with Crippen LogP contribution >= 0.6 is 15.9 Å². The summed E-state index contributed by atoms with van der Waals surface area (Å²) in [6.45, 7) is -0.305. The summed E-state index contributed by atoms with van der Waals surface area (Å²) in [5.74, 6) is -2.55. The predicted molar refractivity (Wildman–Crippen MR) is 85.8 cm³/mol. The van der Waals surface area contributed by atoms with Crippen LogP contribution in [-0.4, -0.2) is 18.4 Å². The van der Waals surface area contributed by atoms with Crippen LogP contribution in [0, 0.1) is 11.6 Å². The molecule has 23 heavy (non-hydrogen) atoms. The second kappa shape index (κ2) is 7.82. The largest absolute Gasteiger partial charge is 0.347 e. The molecule has 2 aromatic carbocycles. The molecule has 2 rings (SSSR count). The van der Waals surface area contributed by atoms with Gasteiger partial charge in [-0.3, -0.25) is 9.59 Å². The zero-order valence-electron chi connectivity index (χ0n) is 11.9. The summed E-state index contributed by atoms with van der Waals surface area (Å²) in [4.78, 5) is 23.5. The smallest absolute Gasteiger partial charge is 0.243 e. The first-order chi connectivity index (χ1) is 11.0. The van der Waals surface area contributed by atoms with Gasteiger partial charge in [0.1, 0.15) is 11.6 Å². The highest BCUT2D eigenvalue weighted by Crippen LogP contribution is 2.16. The van der Waals surface area contributed by atoms with Gasteiger partial charge in [0.15, 0.2) is 0 Å². The van der Waals surface area contributed by atoms with Crippen molar-refractivity contribution in [2.75, 3.05) is 11.9 Å². The molecule has 0 atom stereocenters. The maximum atomic E-state index is 13.4. The third kappa shape index (κ3) is 5.14. The Balaban J connectivity index is 1.84. The normalized spacial score (nSPS) is 10.2. The molecule has 0 aromatic heterocycles. The predicted octanol–water partition coefficient (Wildman–Crippen LogP) is 3.02. The minimum atomic E-state index is -0.877. The van der Waals surface area contributed by atoms with Gasteiger partial charge in [-0.15, -0.1) is 0 Å². The zero-order valence-corrected chi connectivity index (χ0v) is 13.5. The molecule has 2 N–H and O–H groups in total. The third-order valence-electron chi connectivity index (χ3n) is 2.96. The molecule has 0 radical (unpaired) electrons. The summed E-state index contributed by atoms with van der Waals surface area (Å²) in [7, 11) is 0. The van der Waals surface area contributed by atoms with Crippen molar-refractivity contribution in [1.29, 1.82) is 0 Å². The molecule has 0 unspecified atom stereocenters. The van der Waals surface area contributed by atoms with Crippen molar-refractivity contribution in [2.24, 2.45) is 0 Å². The van der Waals surface area contributed by atoms with Gasteiger partial charge in [0.2, 0.25) is 11.8 Å². The van der Waals surface area contributed by atoms with E-state index in [4.69, 9.17) is 0 Å². The molecule has 4 nitrogen and oxygen atoms in total. The lowest BCUT2D eigenvalue weighted by Gasteiger charge is -2.08. The number of rotatable bonds is 5. The van der Waals surface area contributed by atoms with Crippen LogP contribution < -0.4 is 10.6 Å². The molecule has 120 valence electrons. The molecule has 0 spiro atoms. The number of amides is 2. The lowest BCUT2D eigenvalue weighted by molar-refractivity contribution is -0.123. The van der Waals surface area contributed by atoms with Gasteiger partial charge in [-0.05, 0) is 23.8 Å². The molecule has 7 heteroatoms. The average Bonchev–Trinajstić information content (AvgIpc) is 2.50. The molecule has 0 aliphatic heterocycles. The van der Waals surface area contributed by atoms with Gasteiger partial charge in [0.05, 0.1) is 18.7 Å². The van der Waals surface area contributed by atoms with Crippen LogP contribution in [0.5, 0.6) is 0 Å². The Kier molecular flexibility index (Phi) is 5.81. The number of carbonyl (C=O) groups excluding carboxylic acids is 2. The van der Waals surface area contributed by atoms with Crippen LogP contribution in [0.1, 0.15) is 5.56 Å². The van der Waals surface area contributed by atoms with Gasteiger partial charge in [-0.2, -0.15) is 0 Å². The van der Waals surface area contributed by atoms with Crippen LogP contribution in [0.15, 0.2) is 46.9 Å². The van der Waals surface area contributed by atoms with Gasteiger partial charge >= 0.3 is 0 Å². The van der Waals surface area contributed by atoms with Crippen molar-refractivity contribution in [2.45, 2.75) is 6.42 Å². The van der Waals surface area contributed by atoms with Gasteiger partial charge < -0.3 is 10.6 Å². The molecule has 0 saturated heterocycles. The summed E-state index contributed by atoms with van der Waals surface area (Å²) in [5.41, 5.74) is 0.645. The minimum Gasteiger partial charge on any atom is -0.347 e. The van der Waals surface area contributed by atoms with E-state index in [0.717, 1.165) is 22.2 Å². The Hall–Kier alpha value is -2.28. The highest BCUT2D eigenvalue weighted by molar-refractivity contribution is 9.10. The van der Waals surface area contributed by atoms with Crippen molar-refractivity contribution in [3.63, 3.8) is 0 Å². The fraction of sp³-hybridized carbons (Fsp3) is 0.125.